The van der Waals surface area contributed by atoms with Gasteiger partial charge in [-0.15, -0.1) is 0 Å². The molecular weight excluding hydrogens is 230 g/mol. The highest BCUT2D eigenvalue weighted by Crippen LogP contribution is 1.99. The van der Waals surface area contributed by atoms with E-state index in [-0.39, 0.29) is 6.10 Å². The number of aliphatic hydroxyl groups excluding tert-OH is 1. The number of aliphatic hydroxyl groups is 1. The van der Waals surface area contributed by atoms with Gasteiger partial charge in [0.25, 0.3) is 0 Å². The average Bonchev–Trinajstić information content (AvgIpc) is 2.41. The standard InChI is InChI=1S/C13H21N3O2/c17-13(11-16-5-7-18-8-6-16)10-15-9-12-1-3-14-4-2-12/h1-4,13,15,17H,5-11H2. The summed E-state index contributed by atoms with van der Waals surface area (Å²) in [5.41, 5.74) is 1.18. The van der Waals surface area contributed by atoms with Crippen molar-refractivity contribution in [3.63, 3.8) is 0 Å². The van der Waals surface area contributed by atoms with Crippen LogP contribution in [0.2, 0.25) is 0 Å². The third kappa shape index (κ3) is 4.70. The number of aromatic nitrogens is 1. The Bertz CT molecular complexity index is 328. The van der Waals surface area contributed by atoms with Gasteiger partial charge in [-0.05, 0) is 17.7 Å². The second-order valence-electron chi connectivity index (χ2n) is 4.55. The molecule has 0 radical (unpaired) electrons. The quantitative estimate of drug-likeness (QED) is 0.737. The third-order valence-corrected chi connectivity index (χ3v) is 3.03. The summed E-state index contributed by atoms with van der Waals surface area (Å²) in [7, 11) is 0. The van der Waals surface area contributed by atoms with Crippen LogP contribution in [0.15, 0.2) is 24.5 Å². The number of morpholine rings is 1. The van der Waals surface area contributed by atoms with E-state index >= 15 is 0 Å². The maximum atomic E-state index is 9.92. The number of nitrogens with zero attached hydrogens (tertiary/aromatic N) is 2. The number of nitrogens with one attached hydrogen (secondary N) is 1. The predicted molar refractivity (Wildman–Crippen MR) is 69.2 cm³/mol. The Morgan fingerprint density at radius 2 is 2.06 bits per heavy atom. The summed E-state index contributed by atoms with van der Waals surface area (Å²) < 4.78 is 5.28. The van der Waals surface area contributed by atoms with E-state index in [0.717, 1.165) is 32.8 Å². The Balaban J connectivity index is 1.61. The highest BCUT2D eigenvalue weighted by molar-refractivity contribution is 5.08. The Morgan fingerprint density at radius 3 is 2.78 bits per heavy atom. The molecule has 1 aliphatic heterocycles. The lowest BCUT2D eigenvalue weighted by atomic mass is 10.2. The van der Waals surface area contributed by atoms with Crippen LogP contribution in [0.1, 0.15) is 5.56 Å². The molecule has 18 heavy (non-hydrogen) atoms. The largest absolute Gasteiger partial charge is 0.390 e. The molecule has 1 fully saturated rings. The summed E-state index contributed by atoms with van der Waals surface area (Å²) in [6.45, 7) is 5.48. The maximum Gasteiger partial charge on any atom is 0.0791 e. The number of β-amino-alcohol motifs (C(OH)–C–C–N with tert-alkyl or cyclic N) is 1. The number of hydrogen-bond acceptors (Lipinski definition) is 5. The van der Waals surface area contributed by atoms with Crippen molar-refractivity contribution >= 4 is 0 Å². The van der Waals surface area contributed by atoms with Crippen LogP contribution < -0.4 is 5.32 Å². The summed E-state index contributed by atoms with van der Waals surface area (Å²) in [5, 5.41) is 13.2. The number of pyridine rings is 1. The molecule has 0 saturated carbocycles. The molecule has 0 amide bonds. The van der Waals surface area contributed by atoms with E-state index in [0.29, 0.717) is 13.1 Å². The Kier molecular flexibility index (Phi) is 5.54. The first-order valence-corrected chi connectivity index (χ1v) is 6.42. The molecule has 2 heterocycles. The SMILES string of the molecule is OC(CNCc1ccncc1)CN1CCOCC1. The van der Waals surface area contributed by atoms with E-state index in [4.69, 9.17) is 4.74 Å². The minimum atomic E-state index is -0.329. The number of hydrogen-bond donors (Lipinski definition) is 2. The van der Waals surface area contributed by atoms with Gasteiger partial charge in [0.2, 0.25) is 0 Å². The van der Waals surface area contributed by atoms with Crippen molar-refractivity contribution in [2.45, 2.75) is 12.6 Å². The number of rotatable bonds is 6. The van der Waals surface area contributed by atoms with Crippen LogP contribution in [-0.4, -0.2) is 60.5 Å². The molecule has 1 saturated heterocycles. The van der Waals surface area contributed by atoms with Crippen LogP contribution in [0.5, 0.6) is 0 Å². The zero-order valence-corrected chi connectivity index (χ0v) is 10.6. The van der Waals surface area contributed by atoms with E-state index < -0.39 is 0 Å². The van der Waals surface area contributed by atoms with Gasteiger partial charge in [-0.2, -0.15) is 0 Å². The van der Waals surface area contributed by atoms with Gasteiger partial charge in [0.1, 0.15) is 0 Å². The van der Waals surface area contributed by atoms with E-state index in [1.165, 1.54) is 5.56 Å². The lowest BCUT2D eigenvalue weighted by Gasteiger charge is -2.28. The van der Waals surface area contributed by atoms with E-state index in [9.17, 15) is 5.11 Å². The highest BCUT2D eigenvalue weighted by atomic mass is 16.5. The maximum absolute atomic E-state index is 9.92. The fourth-order valence-corrected chi connectivity index (χ4v) is 2.03. The van der Waals surface area contributed by atoms with Crippen LogP contribution in [0, 0.1) is 0 Å². The lowest BCUT2D eigenvalue weighted by Crippen LogP contribution is -2.43. The minimum Gasteiger partial charge on any atom is -0.390 e. The van der Waals surface area contributed by atoms with Gasteiger partial charge in [0, 0.05) is 45.1 Å². The Labute approximate surface area is 108 Å². The molecule has 2 rings (SSSR count). The van der Waals surface area contributed by atoms with Gasteiger partial charge >= 0.3 is 0 Å². The summed E-state index contributed by atoms with van der Waals surface area (Å²) in [6, 6.07) is 3.95. The minimum absolute atomic E-state index is 0.329. The van der Waals surface area contributed by atoms with Crippen LogP contribution in [0.4, 0.5) is 0 Å². The van der Waals surface area contributed by atoms with Crippen molar-refractivity contribution in [1.82, 2.24) is 15.2 Å². The first kappa shape index (κ1) is 13.4. The van der Waals surface area contributed by atoms with Crippen molar-refractivity contribution < 1.29 is 9.84 Å². The smallest absolute Gasteiger partial charge is 0.0791 e. The molecule has 1 atom stereocenters. The van der Waals surface area contributed by atoms with Crippen molar-refractivity contribution in [2.24, 2.45) is 0 Å². The van der Waals surface area contributed by atoms with Crippen molar-refractivity contribution in [3.05, 3.63) is 30.1 Å². The summed E-state index contributed by atoms with van der Waals surface area (Å²) in [5.74, 6) is 0. The summed E-state index contributed by atoms with van der Waals surface area (Å²) in [6.07, 6.45) is 3.23. The summed E-state index contributed by atoms with van der Waals surface area (Å²) >= 11 is 0. The normalized spacial score (nSPS) is 18.7. The van der Waals surface area contributed by atoms with E-state index in [2.05, 4.69) is 15.2 Å². The fourth-order valence-electron chi connectivity index (χ4n) is 2.03. The molecule has 1 aromatic heterocycles. The monoisotopic (exact) mass is 251 g/mol. The zero-order chi connectivity index (χ0) is 12.6. The Hall–Kier alpha value is -1.01. The highest BCUT2D eigenvalue weighted by Gasteiger charge is 2.14. The van der Waals surface area contributed by atoms with Gasteiger partial charge in [-0.25, -0.2) is 0 Å². The van der Waals surface area contributed by atoms with Crippen LogP contribution >= 0.6 is 0 Å². The Morgan fingerprint density at radius 1 is 1.33 bits per heavy atom. The summed E-state index contributed by atoms with van der Waals surface area (Å²) in [4.78, 5) is 6.21. The van der Waals surface area contributed by atoms with Crippen molar-refractivity contribution in [2.75, 3.05) is 39.4 Å². The second kappa shape index (κ2) is 7.43. The molecule has 0 spiro atoms. The van der Waals surface area contributed by atoms with Gasteiger partial charge in [0.15, 0.2) is 0 Å². The molecule has 2 N–H and O–H groups in total. The number of ether oxygens (including phenoxy) is 1. The van der Waals surface area contributed by atoms with Crippen molar-refractivity contribution in [1.29, 1.82) is 0 Å². The molecule has 0 aliphatic carbocycles. The van der Waals surface area contributed by atoms with E-state index in [1.807, 2.05) is 12.1 Å². The molecule has 100 valence electrons. The molecule has 0 bridgehead atoms. The third-order valence-electron chi connectivity index (χ3n) is 3.03. The molecule has 1 aromatic rings. The van der Waals surface area contributed by atoms with Gasteiger partial charge in [-0.1, -0.05) is 0 Å². The first-order valence-electron chi connectivity index (χ1n) is 6.42. The van der Waals surface area contributed by atoms with Gasteiger partial charge in [-0.3, -0.25) is 9.88 Å². The average molecular weight is 251 g/mol. The molecule has 5 nitrogen and oxygen atoms in total. The van der Waals surface area contributed by atoms with Gasteiger partial charge in [0.05, 0.1) is 19.3 Å². The van der Waals surface area contributed by atoms with Gasteiger partial charge < -0.3 is 15.2 Å². The lowest BCUT2D eigenvalue weighted by molar-refractivity contribution is 0.0149. The first-order chi connectivity index (χ1) is 8.84. The predicted octanol–water partition coefficient (Wildman–Crippen LogP) is -0.136. The molecule has 1 unspecified atom stereocenters. The molecular formula is C13H21N3O2. The zero-order valence-electron chi connectivity index (χ0n) is 10.6. The molecule has 0 aromatic carbocycles. The van der Waals surface area contributed by atoms with Crippen LogP contribution in [-0.2, 0) is 11.3 Å². The molecule has 1 aliphatic rings. The topological polar surface area (TPSA) is 57.6 Å². The molecule has 5 heteroatoms. The van der Waals surface area contributed by atoms with E-state index in [1.54, 1.807) is 12.4 Å². The van der Waals surface area contributed by atoms with Crippen LogP contribution in [0.3, 0.4) is 0 Å². The fraction of sp³-hybridized carbons (Fsp3) is 0.615. The van der Waals surface area contributed by atoms with Crippen LogP contribution in [0.25, 0.3) is 0 Å². The second-order valence-corrected chi connectivity index (χ2v) is 4.55. The van der Waals surface area contributed by atoms with Crippen molar-refractivity contribution in [3.8, 4) is 0 Å².